The Balaban J connectivity index is 1.69. The molecule has 1 aliphatic heterocycles. The summed E-state index contributed by atoms with van der Waals surface area (Å²) in [5, 5.41) is 4.46. The van der Waals surface area contributed by atoms with Crippen molar-refractivity contribution in [3.63, 3.8) is 0 Å². The van der Waals surface area contributed by atoms with Crippen molar-refractivity contribution >= 4 is 17.5 Å². The van der Waals surface area contributed by atoms with Crippen molar-refractivity contribution in [1.29, 1.82) is 0 Å². The highest BCUT2D eigenvalue weighted by Gasteiger charge is 2.37. The summed E-state index contributed by atoms with van der Waals surface area (Å²) < 4.78 is 10.5. The normalized spacial score (nSPS) is 14.9. The monoisotopic (exact) mass is 335 g/mol. The summed E-state index contributed by atoms with van der Waals surface area (Å²) in [6.07, 6.45) is 0. The Hall–Kier alpha value is -2.08. The van der Waals surface area contributed by atoms with Crippen molar-refractivity contribution in [3.05, 3.63) is 40.5 Å². The van der Waals surface area contributed by atoms with Gasteiger partial charge in [-0.3, -0.25) is 4.79 Å². The first-order valence-corrected chi connectivity index (χ1v) is 7.83. The maximum atomic E-state index is 12.6. The molecule has 122 valence electrons. The summed E-state index contributed by atoms with van der Waals surface area (Å²) >= 11 is 5.98. The van der Waals surface area contributed by atoms with Crippen LogP contribution in [0.5, 0.6) is 5.75 Å². The number of benzene rings is 1. The van der Waals surface area contributed by atoms with Gasteiger partial charge in [0.25, 0.3) is 5.91 Å². The van der Waals surface area contributed by atoms with Crippen LogP contribution < -0.4 is 4.74 Å². The van der Waals surface area contributed by atoms with Crippen molar-refractivity contribution in [2.45, 2.75) is 25.7 Å². The van der Waals surface area contributed by atoms with Crippen LogP contribution in [0, 0.1) is 0 Å². The summed E-state index contributed by atoms with van der Waals surface area (Å²) in [6, 6.07) is 5.02. The molecule has 1 saturated heterocycles. The summed E-state index contributed by atoms with van der Waals surface area (Å²) in [5.41, 5.74) is 0.465. The number of carbonyl (C=O) groups excluding carboxylic acids is 1. The van der Waals surface area contributed by atoms with Gasteiger partial charge in [0.2, 0.25) is 5.89 Å². The smallest absolute Gasteiger partial charge is 0.257 e. The Morgan fingerprint density at radius 2 is 2.17 bits per heavy atom. The maximum absolute atomic E-state index is 12.6. The first-order chi connectivity index (χ1) is 11.0. The number of likely N-dealkylation sites (tertiary alicyclic amines) is 1. The zero-order valence-corrected chi connectivity index (χ0v) is 14.0. The van der Waals surface area contributed by atoms with Gasteiger partial charge in [0.15, 0.2) is 5.82 Å². The van der Waals surface area contributed by atoms with Gasteiger partial charge in [-0.05, 0) is 18.2 Å². The molecule has 2 aromatic rings. The van der Waals surface area contributed by atoms with Gasteiger partial charge >= 0.3 is 0 Å². The standard InChI is InChI=1S/C16H18ClN3O3/c1-9(2)14-18-15(23-19-14)10-7-20(8-10)16(21)12-6-11(17)4-5-13(12)22-3/h4-6,9-10H,7-8H2,1-3H3. The lowest BCUT2D eigenvalue weighted by Crippen LogP contribution is -2.48. The van der Waals surface area contributed by atoms with Crippen LogP contribution in [0.15, 0.2) is 22.7 Å². The number of halogens is 1. The molecule has 1 fully saturated rings. The van der Waals surface area contributed by atoms with Crippen molar-refractivity contribution < 1.29 is 14.1 Å². The lowest BCUT2D eigenvalue weighted by atomic mass is 9.98. The van der Waals surface area contributed by atoms with Crippen LogP contribution in [0.3, 0.4) is 0 Å². The molecule has 3 rings (SSSR count). The van der Waals surface area contributed by atoms with E-state index in [1.807, 2.05) is 13.8 Å². The molecule has 1 amide bonds. The van der Waals surface area contributed by atoms with E-state index in [1.165, 1.54) is 7.11 Å². The minimum Gasteiger partial charge on any atom is -0.496 e. The van der Waals surface area contributed by atoms with Gasteiger partial charge in [-0.25, -0.2) is 0 Å². The van der Waals surface area contributed by atoms with E-state index in [1.54, 1.807) is 23.1 Å². The second-order valence-corrected chi connectivity index (χ2v) is 6.33. The third kappa shape index (κ3) is 3.03. The third-order valence-electron chi connectivity index (χ3n) is 3.88. The second kappa shape index (κ2) is 6.20. The van der Waals surface area contributed by atoms with Gasteiger partial charge in [0.05, 0.1) is 18.6 Å². The van der Waals surface area contributed by atoms with E-state index in [0.717, 1.165) is 0 Å². The van der Waals surface area contributed by atoms with Crippen molar-refractivity contribution in [3.8, 4) is 5.75 Å². The van der Waals surface area contributed by atoms with E-state index in [4.69, 9.17) is 20.9 Å². The van der Waals surface area contributed by atoms with E-state index < -0.39 is 0 Å². The average molecular weight is 336 g/mol. The fraction of sp³-hybridized carbons (Fsp3) is 0.438. The highest BCUT2D eigenvalue weighted by Crippen LogP contribution is 2.31. The Labute approximate surface area is 139 Å². The van der Waals surface area contributed by atoms with Crippen LogP contribution in [0.4, 0.5) is 0 Å². The Morgan fingerprint density at radius 1 is 1.43 bits per heavy atom. The predicted octanol–water partition coefficient (Wildman–Crippen LogP) is 3.09. The topological polar surface area (TPSA) is 68.5 Å². The van der Waals surface area contributed by atoms with Crippen LogP contribution >= 0.6 is 11.6 Å². The fourth-order valence-electron chi connectivity index (χ4n) is 2.47. The molecule has 0 spiro atoms. The van der Waals surface area contributed by atoms with Gasteiger partial charge in [-0.1, -0.05) is 30.6 Å². The zero-order chi connectivity index (χ0) is 16.6. The summed E-state index contributed by atoms with van der Waals surface area (Å²) in [7, 11) is 1.53. The molecule has 23 heavy (non-hydrogen) atoms. The van der Waals surface area contributed by atoms with Gasteiger partial charge in [0, 0.05) is 24.0 Å². The molecule has 7 heteroatoms. The first-order valence-electron chi connectivity index (χ1n) is 7.46. The number of carbonyl (C=O) groups is 1. The molecule has 6 nitrogen and oxygen atoms in total. The maximum Gasteiger partial charge on any atom is 0.257 e. The highest BCUT2D eigenvalue weighted by molar-refractivity contribution is 6.31. The Morgan fingerprint density at radius 3 is 2.78 bits per heavy atom. The van der Waals surface area contributed by atoms with E-state index in [2.05, 4.69) is 10.1 Å². The molecule has 0 radical (unpaired) electrons. The van der Waals surface area contributed by atoms with Crippen molar-refractivity contribution in [1.82, 2.24) is 15.0 Å². The Kier molecular flexibility index (Phi) is 4.26. The van der Waals surface area contributed by atoms with Crippen molar-refractivity contribution in [2.24, 2.45) is 0 Å². The van der Waals surface area contributed by atoms with Gasteiger partial charge in [-0.15, -0.1) is 0 Å². The first kappa shape index (κ1) is 15.8. The molecule has 2 heterocycles. The van der Waals surface area contributed by atoms with Gasteiger partial charge in [0.1, 0.15) is 5.75 Å². The number of rotatable bonds is 4. The largest absolute Gasteiger partial charge is 0.496 e. The molecule has 0 atom stereocenters. The van der Waals surface area contributed by atoms with Crippen LogP contribution in [0.1, 0.15) is 47.8 Å². The third-order valence-corrected chi connectivity index (χ3v) is 4.12. The van der Waals surface area contributed by atoms with Gasteiger partial charge < -0.3 is 14.2 Å². The quantitative estimate of drug-likeness (QED) is 0.858. The number of nitrogens with zero attached hydrogens (tertiary/aromatic N) is 3. The molecule has 0 unspecified atom stereocenters. The van der Waals surface area contributed by atoms with Crippen LogP contribution in [-0.2, 0) is 0 Å². The highest BCUT2D eigenvalue weighted by atomic mass is 35.5. The Bertz CT molecular complexity index is 723. The summed E-state index contributed by atoms with van der Waals surface area (Å²) in [4.78, 5) is 18.7. The second-order valence-electron chi connectivity index (χ2n) is 5.90. The number of hydrogen-bond acceptors (Lipinski definition) is 5. The number of ether oxygens (including phenoxy) is 1. The fourth-order valence-corrected chi connectivity index (χ4v) is 2.64. The van der Waals surface area contributed by atoms with Crippen molar-refractivity contribution in [2.75, 3.05) is 20.2 Å². The van der Waals surface area contributed by atoms with Crippen LogP contribution in [0.2, 0.25) is 5.02 Å². The molecule has 1 aliphatic rings. The van der Waals surface area contributed by atoms with E-state index in [9.17, 15) is 4.79 Å². The van der Waals surface area contributed by atoms with Gasteiger partial charge in [-0.2, -0.15) is 4.98 Å². The number of amides is 1. The SMILES string of the molecule is COc1ccc(Cl)cc1C(=O)N1CC(c2nc(C(C)C)no2)C1. The van der Waals surface area contributed by atoms with E-state index in [-0.39, 0.29) is 17.7 Å². The van der Waals surface area contributed by atoms with Crippen LogP contribution in [-0.4, -0.2) is 41.1 Å². The number of methoxy groups -OCH3 is 1. The van der Waals surface area contributed by atoms with E-state index in [0.29, 0.717) is 41.1 Å². The van der Waals surface area contributed by atoms with Crippen LogP contribution in [0.25, 0.3) is 0 Å². The lowest BCUT2D eigenvalue weighted by Gasteiger charge is -2.37. The zero-order valence-electron chi connectivity index (χ0n) is 13.2. The predicted molar refractivity (Wildman–Crippen MR) is 85.0 cm³/mol. The summed E-state index contributed by atoms with van der Waals surface area (Å²) in [5.74, 6) is 2.01. The molecule has 1 aromatic heterocycles. The molecule has 1 aromatic carbocycles. The number of aromatic nitrogens is 2. The summed E-state index contributed by atoms with van der Waals surface area (Å²) in [6.45, 7) is 5.12. The van der Waals surface area contributed by atoms with E-state index >= 15 is 0 Å². The molecule has 0 N–H and O–H groups in total. The average Bonchev–Trinajstić information content (AvgIpc) is 2.95. The lowest BCUT2D eigenvalue weighted by molar-refractivity contribution is 0.0566. The minimum atomic E-state index is -0.107. The molecular weight excluding hydrogens is 318 g/mol. The molecule has 0 bridgehead atoms. The number of hydrogen-bond donors (Lipinski definition) is 0. The molecular formula is C16H18ClN3O3. The minimum absolute atomic E-state index is 0.0872. The molecule has 0 aliphatic carbocycles. The molecule has 0 saturated carbocycles.